The van der Waals surface area contributed by atoms with E-state index in [1.165, 1.54) is 62.8 Å². The van der Waals surface area contributed by atoms with Gasteiger partial charge >= 0.3 is 31.7 Å². The van der Waals surface area contributed by atoms with E-state index < -0.39 is 149 Å². The fourth-order valence-corrected chi connectivity index (χ4v) is 15.7. The van der Waals surface area contributed by atoms with Crippen molar-refractivity contribution < 1.29 is 100 Å². The SMILES string of the molecule is CCCCCCCCCCC[C@H](CC(=O)N[C@H]1[C@H](OCc2ccccc2)O[C@H](CO[C@@H]2O[C@H](CO)[C@@H](OP(=O)(Oc3ccccc3)Oc3ccccc3)[C@H](OC(=O)C[C@@H](CCCCCCCCCCC)OC(=O)CCCCC)[C@H]2NC(=O)C[C@@H](CCCCCCCCC)OC(=O)CCCCC)[C@@H](O)[C@@H]1O)OC(=O)CCCCC. The number of benzene rings is 3. The highest BCUT2D eigenvalue weighted by molar-refractivity contribution is 7.49. The molecule has 2 aliphatic rings. The molecule has 5 rings (SSSR count). The quantitative estimate of drug-likeness (QED) is 0.0152. The van der Waals surface area contributed by atoms with Gasteiger partial charge in [0.25, 0.3) is 0 Å². The van der Waals surface area contributed by atoms with Crippen LogP contribution in [0.1, 0.15) is 323 Å². The number of para-hydroxylation sites is 2. The molecule has 2 amide bonds. The Morgan fingerprint density at radius 1 is 0.407 bits per heavy atom. The lowest BCUT2D eigenvalue weighted by Gasteiger charge is -2.46. The van der Waals surface area contributed by atoms with Gasteiger partial charge in [-0.3, -0.25) is 33.3 Å². The molecule has 640 valence electrons. The summed E-state index contributed by atoms with van der Waals surface area (Å²) in [6, 6.07) is 22.0. The third-order valence-corrected chi connectivity index (χ3v) is 22.1. The zero-order valence-corrected chi connectivity index (χ0v) is 70.2. The van der Waals surface area contributed by atoms with Crippen LogP contribution in [-0.4, -0.2) is 144 Å². The minimum atomic E-state index is -5.06. The van der Waals surface area contributed by atoms with Gasteiger partial charge in [0, 0.05) is 19.3 Å². The van der Waals surface area contributed by atoms with Crippen LogP contribution in [0.25, 0.3) is 0 Å². The van der Waals surface area contributed by atoms with Crippen molar-refractivity contribution in [3.63, 3.8) is 0 Å². The highest BCUT2D eigenvalue weighted by Crippen LogP contribution is 2.53. The molecule has 5 N–H and O–H groups in total. The van der Waals surface area contributed by atoms with Crippen LogP contribution >= 0.6 is 7.82 Å². The van der Waals surface area contributed by atoms with E-state index in [-0.39, 0.29) is 43.8 Å². The molecule has 0 bridgehead atoms. The van der Waals surface area contributed by atoms with Crippen molar-refractivity contribution in [1.82, 2.24) is 10.6 Å². The Bertz CT molecular complexity index is 3000. The number of aliphatic hydroxyl groups excluding tert-OH is 3. The Hall–Kier alpha value is -6.01. The number of unbranched alkanes of at least 4 members (excludes halogenated alkanes) is 28. The number of ether oxygens (including phenoxy) is 8. The highest BCUT2D eigenvalue weighted by Gasteiger charge is 2.55. The van der Waals surface area contributed by atoms with Gasteiger partial charge in [0.15, 0.2) is 18.7 Å². The summed E-state index contributed by atoms with van der Waals surface area (Å²) in [6.07, 6.45) is 16.1. The average Bonchev–Trinajstić information content (AvgIpc) is 0.767. The van der Waals surface area contributed by atoms with Crippen LogP contribution in [0.15, 0.2) is 91.0 Å². The molecule has 2 aliphatic heterocycles. The second-order valence-corrected chi connectivity index (χ2v) is 32.3. The monoisotopic (exact) mass is 1610 g/mol. The molecule has 0 unspecified atom stereocenters. The summed E-state index contributed by atoms with van der Waals surface area (Å²) < 4.78 is 85.8. The van der Waals surface area contributed by atoms with Crippen LogP contribution in [0.2, 0.25) is 0 Å². The van der Waals surface area contributed by atoms with Gasteiger partial charge < -0.3 is 72.9 Å². The van der Waals surface area contributed by atoms with E-state index in [2.05, 4.69) is 31.4 Å². The fourth-order valence-electron chi connectivity index (χ4n) is 14.2. The number of esters is 4. The number of phosphoric acid groups is 1. The predicted molar refractivity (Wildman–Crippen MR) is 436 cm³/mol. The average molecular weight is 1610 g/mol. The molecule has 2 saturated heterocycles. The first-order chi connectivity index (χ1) is 54.9. The number of hydrogen-bond donors (Lipinski definition) is 5. The molecule has 3 aromatic rings. The Morgan fingerprint density at radius 2 is 0.761 bits per heavy atom. The Balaban J connectivity index is 1.59. The second-order valence-electron chi connectivity index (χ2n) is 30.8. The molecule has 2 fully saturated rings. The van der Waals surface area contributed by atoms with E-state index >= 15 is 14.2 Å². The summed E-state index contributed by atoms with van der Waals surface area (Å²) in [5, 5.41) is 42.2. The maximum atomic E-state index is 15.7. The van der Waals surface area contributed by atoms with Crippen LogP contribution in [0, 0.1) is 0 Å². The van der Waals surface area contributed by atoms with Crippen LogP contribution < -0.4 is 19.7 Å². The minimum Gasteiger partial charge on any atom is -0.462 e. The molecule has 24 heteroatoms. The molecule has 23 nitrogen and oxygen atoms in total. The van der Waals surface area contributed by atoms with Gasteiger partial charge in [0.05, 0.1) is 39.1 Å². The zero-order valence-electron chi connectivity index (χ0n) is 69.3. The Labute approximate surface area is 676 Å². The lowest BCUT2D eigenvalue weighted by molar-refractivity contribution is -0.304. The summed E-state index contributed by atoms with van der Waals surface area (Å²) in [5.74, 6) is -3.59. The lowest BCUT2D eigenvalue weighted by atomic mass is 9.95. The van der Waals surface area contributed by atoms with E-state index in [4.69, 9.17) is 51.5 Å². The van der Waals surface area contributed by atoms with Crippen molar-refractivity contribution in [1.29, 1.82) is 0 Å². The van der Waals surface area contributed by atoms with Gasteiger partial charge in [0.2, 0.25) is 11.8 Å². The smallest absolute Gasteiger partial charge is 0.462 e. The van der Waals surface area contributed by atoms with Gasteiger partial charge in [-0.15, -0.1) is 0 Å². The number of amides is 2. The maximum absolute atomic E-state index is 15.7. The van der Waals surface area contributed by atoms with Crippen molar-refractivity contribution in [3.8, 4) is 11.5 Å². The summed E-state index contributed by atoms with van der Waals surface area (Å²) in [6.45, 7) is 10.9. The topological polar surface area (TPSA) is 306 Å². The van der Waals surface area contributed by atoms with Crippen molar-refractivity contribution >= 4 is 43.5 Å². The van der Waals surface area contributed by atoms with Crippen molar-refractivity contribution in [2.75, 3.05) is 13.2 Å². The molecule has 13 atom stereocenters. The fraction of sp³-hybridized carbons (Fsp3) is 0.730. The number of carbonyl (C=O) groups is 6. The van der Waals surface area contributed by atoms with Crippen molar-refractivity contribution in [2.45, 2.75) is 404 Å². The molecule has 0 saturated carbocycles. The lowest BCUT2D eigenvalue weighted by Crippen LogP contribution is -2.67. The molecule has 0 radical (unpaired) electrons. The van der Waals surface area contributed by atoms with E-state index in [1.54, 1.807) is 36.4 Å². The number of phosphoric ester groups is 1. The number of carbonyl (C=O) groups excluding carboxylic acids is 6. The molecule has 3 aromatic carbocycles. The second kappa shape index (κ2) is 59.6. The van der Waals surface area contributed by atoms with Crippen LogP contribution in [0.5, 0.6) is 11.5 Å². The molecule has 0 spiro atoms. The van der Waals surface area contributed by atoms with Crippen molar-refractivity contribution in [2.24, 2.45) is 0 Å². The minimum absolute atomic E-state index is 0.0354. The first-order valence-electron chi connectivity index (χ1n) is 43.6. The number of rotatable bonds is 65. The summed E-state index contributed by atoms with van der Waals surface area (Å²) >= 11 is 0. The van der Waals surface area contributed by atoms with E-state index in [1.807, 2.05) is 51.1 Å². The van der Waals surface area contributed by atoms with E-state index in [0.717, 1.165) is 148 Å². The normalized spacial score (nSPS) is 20.5. The van der Waals surface area contributed by atoms with E-state index in [9.17, 15) is 34.5 Å². The highest BCUT2D eigenvalue weighted by atomic mass is 31.2. The Morgan fingerprint density at radius 3 is 1.17 bits per heavy atom. The Kier molecular flexibility index (Phi) is 51.5. The number of nitrogens with one attached hydrogen (secondary N) is 2. The molecule has 0 aliphatic carbocycles. The van der Waals surface area contributed by atoms with Crippen LogP contribution in [-0.2, 0) is 82.4 Å². The predicted octanol–water partition coefficient (Wildman–Crippen LogP) is 18.5. The summed E-state index contributed by atoms with van der Waals surface area (Å²) in [5.41, 5.74) is 0.705. The van der Waals surface area contributed by atoms with Gasteiger partial charge in [0.1, 0.15) is 72.4 Å². The van der Waals surface area contributed by atoms with E-state index in [0.29, 0.717) is 56.9 Å². The van der Waals surface area contributed by atoms with Crippen molar-refractivity contribution in [3.05, 3.63) is 96.6 Å². The number of aliphatic hydroxyl groups is 3. The standard InChI is InChI=1S/C89H143N2O21P/c1-7-13-19-22-25-27-30-33-44-56-71(104-78(95)59-38-16-10-4)62-76(93)90-82-85(100)84(99)75(108-88(82)102-66-68-50-41-35-42-51-68)67-103-89-83(91-77(94)63-72(105-79(96)60-39-17-11-5)57-43-32-29-24-21-15-9-3)87(109-81(98)64-73(106-80(97)61-40-18-12-6)58-45-34-31-28-26-23-20-14-8-2)86(74(65-92)107-89)112-113(101,110-69-52-46-36-47-53-69)111-70-54-48-37-49-55-70/h35-37,41-42,46-55,71-75,82-89,92,99-100H,7-34,38-40,43-45,56-67H2,1-6H3,(H,90,93)(H,91,94)/t71-,72-,73-,74-,75-,82-,83-,84-,85-,86-,87-,88-,89-/m1/s1. The zero-order chi connectivity index (χ0) is 81.5. The third-order valence-electron chi connectivity index (χ3n) is 20.8. The van der Waals surface area contributed by atoms with Gasteiger partial charge in [-0.2, -0.15) is 0 Å². The molecule has 0 aromatic heterocycles. The first-order valence-corrected chi connectivity index (χ1v) is 45.1. The van der Waals surface area contributed by atoms with Gasteiger partial charge in [-0.1, -0.05) is 288 Å². The van der Waals surface area contributed by atoms with Crippen LogP contribution in [0.3, 0.4) is 0 Å². The summed E-state index contributed by atoms with van der Waals surface area (Å²) in [7, 11) is -5.06. The third kappa shape index (κ3) is 41.1. The van der Waals surface area contributed by atoms with Gasteiger partial charge in [-0.25, -0.2) is 4.57 Å². The molecule has 2 heterocycles. The largest absolute Gasteiger partial charge is 0.588 e. The van der Waals surface area contributed by atoms with Crippen LogP contribution in [0.4, 0.5) is 0 Å². The molecular formula is C89H143N2O21P. The molecule has 113 heavy (non-hydrogen) atoms. The number of hydrogen-bond acceptors (Lipinski definition) is 21. The molecular weight excluding hydrogens is 1460 g/mol. The maximum Gasteiger partial charge on any atom is 0.588 e. The summed E-state index contributed by atoms with van der Waals surface area (Å²) in [4.78, 5) is 85.6. The first kappa shape index (κ1) is 97.6. The van der Waals surface area contributed by atoms with Gasteiger partial charge in [-0.05, 0) is 87.6 Å².